The van der Waals surface area contributed by atoms with E-state index >= 15 is 0 Å². The van der Waals surface area contributed by atoms with Crippen LogP contribution in [0.25, 0.3) is 0 Å². The van der Waals surface area contributed by atoms with Crippen LogP contribution in [0, 0.1) is 0 Å². The fraction of sp³-hybridized carbons (Fsp3) is 0.429. The van der Waals surface area contributed by atoms with E-state index in [1.807, 2.05) is 30.3 Å². The average Bonchev–Trinajstić information content (AvgIpc) is 2.40. The summed E-state index contributed by atoms with van der Waals surface area (Å²) in [6.07, 6.45) is 5.69. The number of carbonyl (C=O) groups is 1. The fourth-order valence-electron chi connectivity index (χ4n) is 0.364. The van der Waals surface area contributed by atoms with Crippen LogP contribution in [0.4, 0.5) is 0 Å². The summed E-state index contributed by atoms with van der Waals surface area (Å²) >= 11 is 0. The summed E-state index contributed by atoms with van der Waals surface area (Å²) in [6.45, 7) is 1.36. The molecule has 3 N–H and O–H groups in total. The standard InChI is InChI=1S/C4H6N2.C3H7NO2/c1-6-3-2-5-4-6;1-2(4)3(5)6/h2-4H,1H3;2H,4H2,1H3,(H,5,6)/t;2-/m.0/s1. The Morgan fingerprint density at radius 2 is 2.25 bits per heavy atom. The molecule has 0 saturated heterocycles. The number of carboxylic acid groups (broad SMARTS) is 1. The molecule has 1 aromatic rings. The predicted molar refractivity (Wildman–Crippen MR) is 40.6 cm³/mol. The van der Waals surface area contributed by atoms with Gasteiger partial charge in [-0.3, -0.25) is 4.98 Å². The van der Waals surface area contributed by atoms with Gasteiger partial charge in [-0.05, 0) is 6.92 Å². The van der Waals surface area contributed by atoms with Crippen LogP contribution in [0.1, 0.15) is 6.92 Å². The van der Waals surface area contributed by atoms with Crippen LogP contribution in [-0.2, 0) is 11.8 Å². The lowest BCUT2D eigenvalue weighted by atomic mass is 10.4. The van der Waals surface area contributed by atoms with Crippen molar-refractivity contribution in [3.8, 4) is 0 Å². The number of nitrogens with two attached hydrogens (primary N) is 1. The van der Waals surface area contributed by atoms with Crippen molar-refractivity contribution in [1.82, 2.24) is 4.98 Å². The SMILES string of the molecule is C[C@H](N)C(=O)[O-].C[n+]1cc[nH]c1. The van der Waals surface area contributed by atoms with Gasteiger partial charge in [-0.2, -0.15) is 0 Å². The van der Waals surface area contributed by atoms with E-state index < -0.39 is 12.0 Å². The molecule has 0 aromatic carbocycles. The number of carboxylic acids is 1. The van der Waals surface area contributed by atoms with Gasteiger partial charge in [-0.1, -0.05) is 0 Å². The summed E-state index contributed by atoms with van der Waals surface area (Å²) in [4.78, 5) is 12.4. The smallest absolute Gasteiger partial charge is 0.241 e. The minimum absolute atomic E-state index is 0.843. The highest BCUT2D eigenvalue weighted by molar-refractivity contribution is 5.70. The molecule has 0 amide bonds. The van der Waals surface area contributed by atoms with E-state index in [1.165, 1.54) is 6.92 Å². The Labute approximate surface area is 70.8 Å². The molecule has 1 heterocycles. The van der Waals surface area contributed by atoms with Gasteiger partial charge >= 0.3 is 0 Å². The lowest BCUT2D eigenvalue weighted by Gasteiger charge is -2.01. The molecule has 0 radical (unpaired) electrons. The van der Waals surface area contributed by atoms with Crippen molar-refractivity contribution in [3.05, 3.63) is 18.7 Å². The molecule has 0 fully saturated rings. The number of rotatable bonds is 1. The zero-order valence-corrected chi connectivity index (χ0v) is 7.15. The number of aliphatic carboxylic acids is 1. The Bertz CT molecular complexity index is 219. The number of aryl methyl sites for hydroxylation is 1. The quantitative estimate of drug-likeness (QED) is 0.476. The molecule has 5 heteroatoms. The normalized spacial score (nSPS) is 11.2. The first-order valence-corrected chi connectivity index (χ1v) is 3.48. The van der Waals surface area contributed by atoms with Gasteiger partial charge in [0.1, 0.15) is 12.4 Å². The molecule has 0 unspecified atom stereocenters. The molecule has 68 valence electrons. The summed E-state index contributed by atoms with van der Waals surface area (Å²) in [6, 6.07) is -0.843. The van der Waals surface area contributed by atoms with E-state index in [9.17, 15) is 9.90 Å². The summed E-state index contributed by atoms with van der Waals surface area (Å²) in [7, 11) is 1.97. The van der Waals surface area contributed by atoms with Crippen LogP contribution in [-0.4, -0.2) is 17.0 Å². The van der Waals surface area contributed by atoms with Crippen LogP contribution in [0.3, 0.4) is 0 Å². The lowest BCUT2D eigenvalue weighted by Crippen LogP contribution is -2.39. The van der Waals surface area contributed by atoms with E-state index in [0.29, 0.717) is 0 Å². The van der Waals surface area contributed by atoms with E-state index in [2.05, 4.69) is 4.98 Å². The molecular formula is C7H13N3O2. The highest BCUT2D eigenvalue weighted by atomic mass is 16.4. The molecule has 1 rings (SSSR count). The molecule has 0 bridgehead atoms. The van der Waals surface area contributed by atoms with Crippen LogP contribution in [0.2, 0.25) is 0 Å². The number of aromatic nitrogens is 2. The highest BCUT2D eigenvalue weighted by Gasteiger charge is 1.87. The molecule has 1 atom stereocenters. The van der Waals surface area contributed by atoms with Gasteiger partial charge < -0.3 is 15.6 Å². The molecule has 1 aromatic heterocycles. The molecule has 0 spiro atoms. The number of hydrogen-bond acceptors (Lipinski definition) is 3. The monoisotopic (exact) mass is 171 g/mol. The average molecular weight is 171 g/mol. The second kappa shape index (κ2) is 5.31. The zero-order valence-electron chi connectivity index (χ0n) is 7.15. The van der Waals surface area contributed by atoms with Crippen molar-refractivity contribution in [3.63, 3.8) is 0 Å². The molecule has 12 heavy (non-hydrogen) atoms. The lowest BCUT2D eigenvalue weighted by molar-refractivity contribution is -0.670. The van der Waals surface area contributed by atoms with E-state index in [0.717, 1.165) is 0 Å². The number of H-pyrrole nitrogens is 1. The zero-order chi connectivity index (χ0) is 9.56. The Morgan fingerprint density at radius 1 is 1.75 bits per heavy atom. The van der Waals surface area contributed by atoms with E-state index in [1.54, 1.807) is 0 Å². The van der Waals surface area contributed by atoms with E-state index in [-0.39, 0.29) is 0 Å². The second-order valence-corrected chi connectivity index (χ2v) is 2.38. The van der Waals surface area contributed by atoms with Crippen molar-refractivity contribution >= 4 is 5.97 Å². The minimum atomic E-state index is -1.21. The number of nitrogens with zero attached hydrogens (tertiary/aromatic N) is 1. The van der Waals surface area contributed by atoms with Gasteiger partial charge in [0.05, 0.1) is 13.0 Å². The number of imidazole rings is 1. The molecular weight excluding hydrogens is 158 g/mol. The Morgan fingerprint density at radius 3 is 2.33 bits per heavy atom. The maximum absolute atomic E-state index is 9.46. The van der Waals surface area contributed by atoms with Gasteiger partial charge in [0.15, 0.2) is 0 Å². The minimum Gasteiger partial charge on any atom is -0.548 e. The fourth-order valence-corrected chi connectivity index (χ4v) is 0.364. The van der Waals surface area contributed by atoms with Crippen LogP contribution in [0.5, 0.6) is 0 Å². The van der Waals surface area contributed by atoms with Crippen molar-refractivity contribution in [1.29, 1.82) is 0 Å². The van der Waals surface area contributed by atoms with Gasteiger partial charge in [-0.15, -0.1) is 0 Å². The predicted octanol–water partition coefficient (Wildman–Crippen LogP) is -2.08. The Balaban J connectivity index is 0.000000202. The van der Waals surface area contributed by atoms with E-state index in [4.69, 9.17) is 5.73 Å². The number of aromatic amines is 1. The first-order valence-electron chi connectivity index (χ1n) is 3.48. The van der Waals surface area contributed by atoms with Crippen molar-refractivity contribution in [2.75, 3.05) is 0 Å². The summed E-state index contributed by atoms with van der Waals surface area (Å²) in [5.41, 5.74) is 4.77. The maximum atomic E-state index is 9.46. The molecule has 5 nitrogen and oxygen atoms in total. The third-order valence-corrected chi connectivity index (χ3v) is 1.06. The van der Waals surface area contributed by atoms with Crippen molar-refractivity contribution in [2.24, 2.45) is 12.8 Å². The van der Waals surface area contributed by atoms with Gasteiger partial charge in [-0.25, -0.2) is 4.57 Å². The van der Waals surface area contributed by atoms with Crippen LogP contribution in [0.15, 0.2) is 18.7 Å². The summed E-state index contributed by atoms with van der Waals surface area (Å²) in [5.74, 6) is -1.21. The number of hydrogen-bond donors (Lipinski definition) is 2. The molecule has 0 aliphatic carbocycles. The third kappa shape index (κ3) is 5.43. The van der Waals surface area contributed by atoms with Crippen LogP contribution < -0.4 is 15.4 Å². The molecule has 0 aliphatic rings. The first-order chi connectivity index (χ1) is 5.54. The van der Waals surface area contributed by atoms with Crippen molar-refractivity contribution in [2.45, 2.75) is 13.0 Å². The molecule has 0 saturated carbocycles. The topological polar surface area (TPSA) is 85.8 Å². The maximum Gasteiger partial charge on any atom is 0.241 e. The van der Waals surface area contributed by atoms with Crippen LogP contribution >= 0.6 is 0 Å². The first kappa shape index (κ1) is 10.6. The number of carbonyl (C=O) groups excluding carboxylic acids is 1. The van der Waals surface area contributed by atoms with Gasteiger partial charge in [0.25, 0.3) is 0 Å². The van der Waals surface area contributed by atoms with Gasteiger partial charge in [0.2, 0.25) is 6.33 Å². The summed E-state index contributed by atoms with van der Waals surface area (Å²) < 4.78 is 1.94. The third-order valence-electron chi connectivity index (χ3n) is 1.06. The Kier molecular flexibility index (Phi) is 4.71. The van der Waals surface area contributed by atoms with Gasteiger partial charge in [0, 0.05) is 6.04 Å². The second-order valence-electron chi connectivity index (χ2n) is 2.38. The highest BCUT2D eigenvalue weighted by Crippen LogP contribution is 1.63. The van der Waals surface area contributed by atoms with Crippen molar-refractivity contribution < 1.29 is 14.5 Å². The Hall–Kier alpha value is -1.36. The number of nitrogens with one attached hydrogen (secondary N) is 1. The largest absolute Gasteiger partial charge is 0.548 e. The summed E-state index contributed by atoms with van der Waals surface area (Å²) in [5, 5.41) is 9.46. The molecule has 0 aliphatic heterocycles.